The zero-order valence-electron chi connectivity index (χ0n) is 21.3. The van der Waals surface area contributed by atoms with Crippen molar-refractivity contribution in [2.75, 3.05) is 37.6 Å². The zero-order valence-corrected chi connectivity index (χ0v) is 22.9. The molecule has 1 atom stereocenters. The van der Waals surface area contributed by atoms with Crippen LogP contribution in [0.3, 0.4) is 0 Å². The van der Waals surface area contributed by atoms with E-state index in [-0.39, 0.29) is 10.7 Å². The van der Waals surface area contributed by atoms with Crippen molar-refractivity contribution in [1.29, 1.82) is 5.41 Å². The molecule has 1 aliphatic heterocycles. The van der Waals surface area contributed by atoms with Gasteiger partial charge in [-0.3, -0.25) is 20.3 Å². The van der Waals surface area contributed by atoms with Crippen molar-refractivity contribution in [2.45, 2.75) is 28.9 Å². The van der Waals surface area contributed by atoms with Crippen molar-refractivity contribution < 1.29 is 17.0 Å². The number of aliphatic imine (C=N–C) groups is 2. The van der Waals surface area contributed by atoms with Gasteiger partial charge in [0.25, 0.3) is 0 Å². The first-order valence-electron chi connectivity index (χ1n) is 11.8. The summed E-state index contributed by atoms with van der Waals surface area (Å²) >= 11 is 0. The third-order valence-corrected chi connectivity index (χ3v) is 9.20. The number of amidine groups is 1. The van der Waals surface area contributed by atoms with Gasteiger partial charge in [-0.2, -0.15) is 0 Å². The summed E-state index contributed by atoms with van der Waals surface area (Å²) in [5.74, 6) is -0.385. The summed E-state index contributed by atoms with van der Waals surface area (Å²) in [6.45, 7) is 9.00. The molecule has 13 heteroatoms. The van der Waals surface area contributed by atoms with Gasteiger partial charge in [-0.15, -0.1) is 0 Å². The Bertz CT molecular complexity index is 1360. The number of piperazine rings is 1. The van der Waals surface area contributed by atoms with E-state index in [9.17, 15) is 17.0 Å². The molecule has 38 heavy (non-hydrogen) atoms. The fourth-order valence-electron chi connectivity index (χ4n) is 3.74. The molecule has 200 valence electrons. The lowest BCUT2D eigenvalue weighted by molar-refractivity contribution is 0.187. The van der Waals surface area contributed by atoms with Gasteiger partial charge in [0.1, 0.15) is 24.7 Å². The molecule has 0 amide bonds. The van der Waals surface area contributed by atoms with Gasteiger partial charge < -0.3 is 9.62 Å². The summed E-state index contributed by atoms with van der Waals surface area (Å²) in [6.07, 6.45) is 2.08. The lowest BCUT2D eigenvalue weighted by Gasteiger charge is -2.36. The molecule has 1 fully saturated rings. The van der Waals surface area contributed by atoms with Crippen LogP contribution in [-0.4, -0.2) is 87.1 Å². The van der Waals surface area contributed by atoms with Gasteiger partial charge in [0.15, 0.2) is 15.7 Å². The molecule has 2 N–H and O–H groups in total. The maximum Gasteiger partial charge on any atom is 0.180 e. The van der Waals surface area contributed by atoms with Crippen LogP contribution in [0.15, 0.2) is 74.3 Å². The first-order chi connectivity index (χ1) is 18.0. The number of anilines is 1. The summed E-state index contributed by atoms with van der Waals surface area (Å²) in [6, 6.07) is 11.0. The molecule has 0 bridgehead atoms. The number of benzene rings is 2. The van der Waals surface area contributed by atoms with Crippen LogP contribution in [0, 0.1) is 5.41 Å². The monoisotopic (exact) mass is 556 g/mol. The van der Waals surface area contributed by atoms with E-state index in [0.717, 1.165) is 12.4 Å². The highest BCUT2D eigenvalue weighted by Gasteiger charge is 2.23. The van der Waals surface area contributed by atoms with Crippen LogP contribution in [0.2, 0.25) is 0 Å². The van der Waals surface area contributed by atoms with Crippen LogP contribution in [0.4, 0.5) is 10.1 Å². The highest BCUT2D eigenvalue weighted by Crippen LogP contribution is 2.21. The molecule has 2 aromatic carbocycles. The van der Waals surface area contributed by atoms with Gasteiger partial charge in [-0.1, -0.05) is 17.6 Å². The highest BCUT2D eigenvalue weighted by atomic mass is 32.2. The van der Waals surface area contributed by atoms with E-state index in [1.165, 1.54) is 24.3 Å². The van der Waals surface area contributed by atoms with Crippen LogP contribution in [0.25, 0.3) is 0 Å². The molecule has 0 saturated carbocycles. The normalized spacial score (nSPS) is 16.1. The smallest absolute Gasteiger partial charge is 0.180 e. The second kappa shape index (κ2) is 13.1. The minimum absolute atomic E-state index is 0.167. The Morgan fingerprint density at radius 3 is 2.47 bits per heavy atom. The van der Waals surface area contributed by atoms with E-state index >= 15 is 0 Å². The van der Waals surface area contributed by atoms with Gasteiger partial charge in [-0.05, 0) is 50.9 Å². The molecule has 9 nitrogen and oxygen atoms in total. The lowest BCUT2D eigenvalue weighted by Crippen LogP contribution is -2.49. The standard InChI is InChI=1S/C25H30BFN6O3S2/c1-18(2)38(35,36)21-9-7-20(8-10-21)37(34)31-23-6-4-5-22(26)24(23)25(28)33-13-11-32(12-14-33)17-30-16-19(27)15-29-3/h4-10,15-16,18,28,31H,3,11-14,17H2,1-2H3/b19-15+,28-25?,30-16-. The Morgan fingerprint density at radius 2 is 1.87 bits per heavy atom. The lowest BCUT2D eigenvalue weighted by atomic mass is 9.88. The van der Waals surface area contributed by atoms with Crippen molar-refractivity contribution in [1.82, 2.24) is 9.80 Å². The Morgan fingerprint density at radius 1 is 1.21 bits per heavy atom. The predicted octanol–water partition coefficient (Wildman–Crippen LogP) is 2.28. The van der Waals surface area contributed by atoms with E-state index in [4.69, 9.17) is 13.3 Å². The largest absolute Gasteiger partial charge is 0.354 e. The van der Waals surface area contributed by atoms with Crippen LogP contribution in [0.1, 0.15) is 19.4 Å². The maximum atomic E-state index is 13.3. The van der Waals surface area contributed by atoms with Crippen LogP contribution < -0.4 is 10.2 Å². The van der Waals surface area contributed by atoms with Gasteiger partial charge in [0, 0.05) is 31.7 Å². The quantitative estimate of drug-likeness (QED) is 0.265. The third kappa shape index (κ3) is 7.24. The van der Waals surface area contributed by atoms with Crippen LogP contribution in [0.5, 0.6) is 0 Å². The number of hydrogen-bond donors (Lipinski definition) is 2. The molecule has 1 saturated heterocycles. The van der Waals surface area contributed by atoms with Gasteiger partial charge >= 0.3 is 0 Å². The summed E-state index contributed by atoms with van der Waals surface area (Å²) < 4.78 is 54.1. The van der Waals surface area contributed by atoms with Crippen LogP contribution >= 0.6 is 0 Å². The molecular formula is C25H30BFN6O3S2. The number of hydrogen-bond acceptors (Lipinski definition) is 7. The van der Waals surface area contributed by atoms with Gasteiger partial charge in [0.2, 0.25) is 0 Å². The summed E-state index contributed by atoms with van der Waals surface area (Å²) in [5.41, 5.74) is 1.22. The third-order valence-electron chi connectivity index (χ3n) is 5.92. The second-order valence-electron chi connectivity index (χ2n) is 8.81. The van der Waals surface area contributed by atoms with Crippen molar-refractivity contribution in [3.05, 3.63) is 60.1 Å². The molecule has 1 aliphatic rings. The van der Waals surface area contributed by atoms with E-state index < -0.39 is 31.9 Å². The Hall–Kier alpha value is -3.16. The second-order valence-corrected chi connectivity index (χ2v) is 12.5. The van der Waals surface area contributed by atoms with Gasteiger partial charge in [-0.25, -0.2) is 17.0 Å². The number of nitrogens with zero attached hydrogens (tertiary/aromatic N) is 4. The van der Waals surface area contributed by atoms with Crippen molar-refractivity contribution in [2.24, 2.45) is 9.98 Å². The molecule has 3 rings (SSSR count). The predicted molar refractivity (Wildman–Crippen MR) is 153 cm³/mol. The Kier molecular flexibility index (Phi) is 10.1. The number of sulfone groups is 1. The number of rotatable bonds is 10. The molecule has 0 aromatic heterocycles. The fraction of sp³-hybridized carbons (Fsp3) is 0.320. The van der Waals surface area contributed by atoms with Gasteiger partial charge in [0.05, 0.1) is 39.8 Å². The Labute approximate surface area is 227 Å². The van der Waals surface area contributed by atoms with Crippen molar-refractivity contribution in [3.63, 3.8) is 0 Å². The first kappa shape index (κ1) is 29.4. The van der Waals surface area contributed by atoms with E-state index in [0.29, 0.717) is 54.5 Å². The average Bonchev–Trinajstić information content (AvgIpc) is 2.89. The molecule has 0 aliphatic carbocycles. The Balaban J connectivity index is 1.69. The molecule has 1 unspecified atom stereocenters. The molecular weight excluding hydrogens is 526 g/mol. The molecule has 0 spiro atoms. The van der Waals surface area contributed by atoms with Crippen molar-refractivity contribution >= 4 is 58.6 Å². The fourth-order valence-corrected chi connectivity index (χ4v) is 5.67. The average molecular weight is 556 g/mol. The summed E-state index contributed by atoms with van der Waals surface area (Å²) in [5, 5.41) is 8.25. The van der Waals surface area contributed by atoms with Crippen LogP contribution in [-0.2, 0) is 20.8 Å². The minimum atomic E-state index is -3.44. The summed E-state index contributed by atoms with van der Waals surface area (Å²) in [4.78, 5) is 11.9. The maximum absolute atomic E-state index is 13.3. The summed E-state index contributed by atoms with van der Waals surface area (Å²) in [7, 11) is 1.07. The van der Waals surface area contributed by atoms with E-state index in [1.54, 1.807) is 32.0 Å². The number of allylic oxidation sites excluding steroid dienone is 1. The highest BCUT2D eigenvalue weighted by molar-refractivity contribution is 7.92. The first-order valence-corrected chi connectivity index (χ1v) is 14.5. The number of nitrogens with one attached hydrogen (secondary N) is 2. The minimum Gasteiger partial charge on any atom is -0.354 e. The zero-order chi connectivity index (χ0) is 27.9. The van der Waals surface area contributed by atoms with Crippen molar-refractivity contribution in [3.8, 4) is 0 Å². The molecule has 1 heterocycles. The molecule has 2 aromatic rings. The SMILES string of the molecule is [B]c1cccc(NS(=O)c2ccc(S(=O)(=O)C(C)C)cc2)c1C(=N)N1CCN(C/N=C\C(F)=C/N=C)CC1. The molecule has 2 radical (unpaired) electrons. The van der Waals surface area contributed by atoms with E-state index in [1.807, 2.05) is 9.80 Å². The van der Waals surface area contributed by atoms with E-state index in [2.05, 4.69) is 21.4 Å². The topological polar surface area (TPSA) is 118 Å². The number of halogens is 1.